The summed E-state index contributed by atoms with van der Waals surface area (Å²) < 4.78 is 9.45. The molecule has 0 aliphatic heterocycles. The van der Waals surface area contributed by atoms with Crippen molar-refractivity contribution in [2.75, 3.05) is 0 Å². The molecule has 0 atom stereocenters. The smallest absolute Gasteiger partial charge is 0.395 e. The van der Waals surface area contributed by atoms with E-state index in [1.807, 2.05) is 0 Å². The summed E-state index contributed by atoms with van der Waals surface area (Å²) in [6.07, 6.45) is 5.21. The molecule has 0 aliphatic carbocycles. The second kappa shape index (κ2) is 3.76. The fourth-order valence-corrected chi connectivity index (χ4v) is 0.826. The Bertz CT molecular complexity index is 299. The topological polar surface area (TPSA) is 43.4 Å². The Labute approximate surface area is 70.0 Å². The van der Waals surface area contributed by atoms with E-state index in [4.69, 9.17) is 8.83 Å². The third kappa shape index (κ3) is 1.75. The van der Waals surface area contributed by atoms with E-state index in [-0.39, 0.29) is 0 Å². The minimum absolute atomic E-state index is 0.412. The van der Waals surface area contributed by atoms with Crippen molar-refractivity contribution in [3.8, 4) is 0 Å². The fraction of sp³-hybridized carbons (Fsp3) is 0.111. The van der Waals surface area contributed by atoms with Gasteiger partial charge in [-0.05, 0) is 0 Å². The number of allylic oxidation sites excluding steroid dienone is 2. The lowest BCUT2D eigenvalue weighted by atomic mass is 10.2. The van der Waals surface area contributed by atoms with Crippen LogP contribution in [-0.4, -0.2) is 0 Å². The standard InChI is InChI=1S/C9H9O3/c1-3-5-7-8(6-4-2)12-9(10)11-7/h3-5H,1-2,6H2. The zero-order valence-electron chi connectivity index (χ0n) is 6.58. The largest absolute Gasteiger partial charge is 0.519 e. The van der Waals surface area contributed by atoms with Crippen molar-refractivity contribution in [2.45, 2.75) is 6.42 Å². The quantitative estimate of drug-likeness (QED) is 0.638. The van der Waals surface area contributed by atoms with Crippen molar-refractivity contribution in [1.29, 1.82) is 0 Å². The second-order valence-electron chi connectivity index (χ2n) is 2.14. The maximum absolute atomic E-state index is 10.6. The summed E-state index contributed by atoms with van der Waals surface area (Å²) in [6, 6.07) is 0. The summed E-state index contributed by atoms with van der Waals surface area (Å²) >= 11 is 0. The van der Waals surface area contributed by atoms with Gasteiger partial charge < -0.3 is 8.83 Å². The van der Waals surface area contributed by atoms with Gasteiger partial charge in [-0.2, -0.15) is 0 Å². The van der Waals surface area contributed by atoms with Crippen LogP contribution in [0.5, 0.6) is 0 Å². The van der Waals surface area contributed by atoms with Crippen LogP contribution in [0.3, 0.4) is 0 Å². The molecular formula is C9H9O3. The van der Waals surface area contributed by atoms with Gasteiger partial charge in [-0.25, -0.2) is 4.79 Å². The van der Waals surface area contributed by atoms with E-state index in [1.165, 1.54) is 6.08 Å². The van der Waals surface area contributed by atoms with Crippen LogP contribution in [0.4, 0.5) is 0 Å². The van der Waals surface area contributed by atoms with E-state index in [9.17, 15) is 4.79 Å². The van der Waals surface area contributed by atoms with Crippen molar-refractivity contribution in [2.24, 2.45) is 0 Å². The maximum atomic E-state index is 10.6. The average Bonchev–Trinajstić information content (AvgIpc) is 2.33. The van der Waals surface area contributed by atoms with E-state index in [0.29, 0.717) is 17.9 Å². The monoisotopic (exact) mass is 165 g/mol. The molecule has 63 valence electrons. The Morgan fingerprint density at radius 3 is 2.67 bits per heavy atom. The van der Waals surface area contributed by atoms with Gasteiger partial charge in [-0.3, -0.25) is 0 Å². The fourth-order valence-electron chi connectivity index (χ4n) is 0.826. The number of rotatable bonds is 4. The molecular weight excluding hydrogens is 156 g/mol. The first-order valence-corrected chi connectivity index (χ1v) is 3.47. The van der Waals surface area contributed by atoms with E-state index >= 15 is 0 Å². The molecule has 0 N–H and O–H groups in total. The second-order valence-corrected chi connectivity index (χ2v) is 2.14. The highest BCUT2D eigenvalue weighted by molar-refractivity contribution is 5.20. The Hall–Kier alpha value is -1.51. The molecule has 0 unspecified atom stereocenters. The van der Waals surface area contributed by atoms with Crippen LogP contribution in [-0.2, 0) is 6.42 Å². The molecule has 0 bridgehead atoms. The molecule has 1 aromatic heterocycles. The molecule has 1 rings (SSSR count). The van der Waals surface area contributed by atoms with Crippen molar-refractivity contribution >= 4 is 0 Å². The SMILES string of the molecule is C=C[CH]c1oc(=O)oc1CC=C. The molecule has 0 spiro atoms. The van der Waals surface area contributed by atoms with E-state index in [2.05, 4.69) is 13.2 Å². The molecule has 0 aromatic carbocycles. The summed E-state index contributed by atoms with van der Waals surface area (Å²) in [4.78, 5) is 10.6. The van der Waals surface area contributed by atoms with Crippen LogP contribution in [0, 0.1) is 6.42 Å². The normalized spacial score (nSPS) is 9.67. The summed E-state index contributed by atoms with van der Waals surface area (Å²) in [6.45, 7) is 7.00. The first-order valence-electron chi connectivity index (χ1n) is 3.47. The molecule has 0 amide bonds. The molecule has 12 heavy (non-hydrogen) atoms. The van der Waals surface area contributed by atoms with Gasteiger partial charge in [0.2, 0.25) is 0 Å². The molecule has 3 heteroatoms. The molecule has 1 radical (unpaired) electrons. The molecule has 0 fully saturated rings. The lowest BCUT2D eigenvalue weighted by Crippen LogP contribution is -1.86. The molecule has 3 nitrogen and oxygen atoms in total. The first-order chi connectivity index (χ1) is 5.77. The molecule has 1 heterocycles. The van der Waals surface area contributed by atoms with Gasteiger partial charge >= 0.3 is 5.82 Å². The van der Waals surface area contributed by atoms with E-state index < -0.39 is 5.82 Å². The summed E-state index contributed by atoms with van der Waals surface area (Å²) in [5, 5.41) is 0. The van der Waals surface area contributed by atoms with Crippen LogP contribution in [0.25, 0.3) is 0 Å². The van der Waals surface area contributed by atoms with Crippen LogP contribution >= 0.6 is 0 Å². The third-order valence-electron chi connectivity index (χ3n) is 1.27. The summed E-state index contributed by atoms with van der Waals surface area (Å²) in [5.41, 5.74) is 0. The van der Waals surface area contributed by atoms with E-state index in [0.717, 1.165) is 0 Å². The van der Waals surface area contributed by atoms with Gasteiger partial charge in [0, 0.05) is 6.42 Å². The molecule has 0 saturated carbocycles. The Balaban J connectivity index is 2.98. The highest BCUT2D eigenvalue weighted by Gasteiger charge is 2.09. The predicted molar refractivity (Wildman–Crippen MR) is 44.7 cm³/mol. The Morgan fingerprint density at radius 2 is 2.08 bits per heavy atom. The minimum atomic E-state index is -0.694. The molecule has 1 aromatic rings. The Morgan fingerprint density at radius 1 is 1.33 bits per heavy atom. The van der Waals surface area contributed by atoms with Gasteiger partial charge in [0.15, 0.2) is 11.5 Å². The maximum Gasteiger partial charge on any atom is 0.519 e. The Kier molecular flexibility index (Phi) is 2.69. The van der Waals surface area contributed by atoms with Crippen molar-refractivity contribution in [3.05, 3.63) is 53.9 Å². The lowest BCUT2D eigenvalue weighted by Gasteiger charge is -1.89. The minimum Gasteiger partial charge on any atom is -0.395 e. The zero-order valence-corrected chi connectivity index (χ0v) is 6.58. The van der Waals surface area contributed by atoms with Crippen LogP contribution in [0.2, 0.25) is 0 Å². The zero-order chi connectivity index (χ0) is 8.97. The van der Waals surface area contributed by atoms with Crippen LogP contribution in [0.1, 0.15) is 11.5 Å². The van der Waals surface area contributed by atoms with Gasteiger partial charge in [0.1, 0.15) is 0 Å². The van der Waals surface area contributed by atoms with Gasteiger partial charge in [-0.15, -0.1) is 13.2 Å². The van der Waals surface area contributed by atoms with Crippen molar-refractivity contribution < 1.29 is 8.83 Å². The van der Waals surface area contributed by atoms with E-state index in [1.54, 1.807) is 12.5 Å². The van der Waals surface area contributed by atoms with Crippen LogP contribution < -0.4 is 5.82 Å². The third-order valence-corrected chi connectivity index (χ3v) is 1.27. The number of hydrogen-bond acceptors (Lipinski definition) is 3. The van der Waals surface area contributed by atoms with Crippen molar-refractivity contribution in [1.82, 2.24) is 0 Å². The highest BCUT2D eigenvalue weighted by atomic mass is 16.6. The van der Waals surface area contributed by atoms with Gasteiger partial charge in [0.25, 0.3) is 0 Å². The lowest BCUT2D eigenvalue weighted by molar-refractivity contribution is 0.373. The van der Waals surface area contributed by atoms with Gasteiger partial charge in [-0.1, -0.05) is 12.2 Å². The number of hydrogen-bond donors (Lipinski definition) is 0. The summed E-state index contributed by atoms with van der Waals surface area (Å²) in [5.74, 6) is 0.199. The highest BCUT2D eigenvalue weighted by Crippen LogP contribution is 2.10. The molecule has 0 aliphatic rings. The summed E-state index contributed by atoms with van der Waals surface area (Å²) in [7, 11) is 0. The molecule has 0 saturated heterocycles. The van der Waals surface area contributed by atoms with Crippen molar-refractivity contribution in [3.63, 3.8) is 0 Å². The average molecular weight is 165 g/mol. The first kappa shape index (κ1) is 8.59. The van der Waals surface area contributed by atoms with Gasteiger partial charge in [0.05, 0.1) is 6.42 Å². The predicted octanol–water partition coefficient (Wildman–Crippen LogP) is 1.70. The van der Waals surface area contributed by atoms with Crippen LogP contribution in [0.15, 0.2) is 38.9 Å².